The molecule has 0 unspecified atom stereocenters. The van der Waals surface area contributed by atoms with Crippen molar-refractivity contribution in [1.29, 1.82) is 0 Å². The number of fused-ring (bicyclic) bond motifs is 4. The predicted octanol–water partition coefficient (Wildman–Crippen LogP) is 4.72. The minimum absolute atomic E-state index is 0.0159. The van der Waals surface area contributed by atoms with E-state index in [4.69, 9.17) is 0 Å². The highest BCUT2D eigenvalue weighted by molar-refractivity contribution is 6.04. The van der Waals surface area contributed by atoms with Gasteiger partial charge < -0.3 is 10.2 Å². The van der Waals surface area contributed by atoms with Crippen LogP contribution in [0.25, 0.3) is 0 Å². The molecule has 0 bridgehead atoms. The lowest BCUT2D eigenvalue weighted by atomic mass is 9.76. The van der Waals surface area contributed by atoms with Gasteiger partial charge in [-0.1, -0.05) is 61.5 Å². The predicted molar refractivity (Wildman–Crippen MR) is 118 cm³/mol. The Hall–Kier alpha value is -3.40. The van der Waals surface area contributed by atoms with Gasteiger partial charge in [-0.2, -0.15) is 0 Å². The van der Waals surface area contributed by atoms with E-state index in [1.807, 2.05) is 59.5 Å². The number of nitrogens with zero attached hydrogens (tertiary/aromatic N) is 1. The summed E-state index contributed by atoms with van der Waals surface area (Å²) in [6.45, 7) is 2.73. The first-order valence-corrected chi connectivity index (χ1v) is 10.5. The monoisotopic (exact) mass is 396 g/mol. The van der Waals surface area contributed by atoms with Crippen LogP contribution in [0.4, 0.5) is 5.69 Å². The third-order valence-electron chi connectivity index (χ3n) is 6.32. The molecule has 0 radical (unpaired) electrons. The molecule has 2 heterocycles. The summed E-state index contributed by atoms with van der Waals surface area (Å²) in [5, 5.41) is 3.13. The summed E-state index contributed by atoms with van der Waals surface area (Å²) in [7, 11) is 0. The second-order valence-electron chi connectivity index (χ2n) is 8.00. The summed E-state index contributed by atoms with van der Waals surface area (Å²) in [6.07, 6.45) is 1.72. The number of benzene rings is 3. The minimum Gasteiger partial charge on any atom is -0.330 e. The van der Waals surface area contributed by atoms with E-state index in [-0.39, 0.29) is 17.9 Å². The fourth-order valence-electron chi connectivity index (χ4n) is 4.85. The molecule has 0 saturated carbocycles. The number of carbonyl (C=O) groups is 2. The Kier molecular flexibility index (Phi) is 4.62. The van der Waals surface area contributed by atoms with E-state index >= 15 is 0 Å². The maximum absolute atomic E-state index is 13.7. The number of hydrogen-bond acceptors (Lipinski definition) is 2. The van der Waals surface area contributed by atoms with E-state index in [2.05, 4.69) is 30.4 Å². The van der Waals surface area contributed by atoms with Crippen LogP contribution in [0.5, 0.6) is 0 Å². The molecule has 3 aromatic rings. The number of hydrogen-bond donors (Lipinski definition) is 1. The first kappa shape index (κ1) is 18.6. The molecular formula is C26H24N2O2. The minimum atomic E-state index is -0.453. The van der Waals surface area contributed by atoms with Crippen LogP contribution in [0.1, 0.15) is 51.5 Å². The number of rotatable bonds is 3. The molecule has 150 valence electrons. The summed E-state index contributed by atoms with van der Waals surface area (Å²) in [5.41, 5.74) is 5.71. The third kappa shape index (κ3) is 3.00. The number of nitrogens with one attached hydrogen (secondary N) is 1. The van der Waals surface area contributed by atoms with Gasteiger partial charge in [0.05, 0.1) is 12.0 Å². The van der Waals surface area contributed by atoms with Crippen molar-refractivity contribution in [3.05, 3.63) is 101 Å². The Morgan fingerprint density at radius 2 is 1.77 bits per heavy atom. The Morgan fingerprint density at radius 1 is 1.00 bits per heavy atom. The van der Waals surface area contributed by atoms with Gasteiger partial charge in [-0.05, 0) is 53.3 Å². The van der Waals surface area contributed by atoms with Crippen LogP contribution >= 0.6 is 0 Å². The number of aryl methyl sites for hydroxylation is 1. The zero-order valence-corrected chi connectivity index (χ0v) is 17.0. The molecular weight excluding hydrogens is 372 g/mol. The van der Waals surface area contributed by atoms with E-state index < -0.39 is 5.92 Å². The quantitative estimate of drug-likeness (QED) is 0.696. The molecule has 5 rings (SSSR count). The third-order valence-corrected chi connectivity index (χ3v) is 6.32. The van der Waals surface area contributed by atoms with Gasteiger partial charge in [-0.3, -0.25) is 9.59 Å². The summed E-state index contributed by atoms with van der Waals surface area (Å²) in [5.74, 6) is -0.511. The molecule has 2 aliphatic heterocycles. The van der Waals surface area contributed by atoms with Gasteiger partial charge in [0, 0.05) is 17.8 Å². The van der Waals surface area contributed by atoms with Crippen molar-refractivity contribution in [1.82, 2.24) is 4.90 Å². The van der Waals surface area contributed by atoms with Crippen LogP contribution in [-0.4, -0.2) is 23.3 Å². The molecule has 3 aromatic carbocycles. The van der Waals surface area contributed by atoms with Gasteiger partial charge in [0.1, 0.15) is 0 Å². The van der Waals surface area contributed by atoms with E-state index in [9.17, 15) is 9.59 Å². The van der Waals surface area contributed by atoms with Gasteiger partial charge >= 0.3 is 0 Å². The van der Waals surface area contributed by atoms with Gasteiger partial charge in [-0.15, -0.1) is 0 Å². The lowest BCUT2D eigenvalue weighted by Gasteiger charge is -2.45. The number of anilines is 1. The van der Waals surface area contributed by atoms with Crippen molar-refractivity contribution < 1.29 is 9.59 Å². The molecule has 0 aliphatic carbocycles. The van der Waals surface area contributed by atoms with Crippen LogP contribution < -0.4 is 5.32 Å². The SMILES string of the molecule is CCc1cccc(NC(=O)[C@@H]2c3ccccc3C(=O)N3CCc4ccccc4[C@@H]23)c1. The first-order valence-electron chi connectivity index (χ1n) is 10.5. The summed E-state index contributed by atoms with van der Waals surface area (Å²) in [6, 6.07) is 23.4. The van der Waals surface area contributed by atoms with E-state index in [0.29, 0.717) is 12.1 Å². The summed E-state index contributed by atoms with van der Waals surface area (Å²) >= 11 is 0. The molecule has 30 heavy (non-hydrogen) atoms. The van der Waals surface area contributed by atoms with Crippen molar-refractivity contribution in [3.63, 3.8) is 0 Å². The Balaban J connectivity index is 1.61. The molecule has 2 amide bonds. The zero-order chi connectivity index (χ0) is 20.7. The standard InChI is InChI=1S/C26H24N2O2/c1-2-17-8-7-10-19(16-17)27-25(29)23-21-12-5-6-13-22(21)26(30)28-15-14-18-9-3-4-11-20(18)24(23)28/h3-13,16,23-24H,2,14-15H2,1H3,(H,27,29)/t23-,24+/m1/s1. The van der Waals surface area contributed by atoms with Crippen LogP contribution in [0.2, 0.25) is 0 Å². The largest absolute Gasteiger partial charge is 0.330 e. The van der Waals surface area contributed by atoms with Crippen LogP contribution in [0, 0.1) is 0 Å². The van der Waals surface area contributed by atoms with Crippen molar-refractivity contribution in [2.24, 2.45) is 0 Å². The molecule has 1 N–H and O–H groups in total. The smallest absolute Gasteiger partial charge is 0.254 e. The average molecular weight is 396 g/mol. The molecule has 4 heteroatoms. The van der Waals surface area contributed by atoms with Crippen molar-refractivity contribution in [2.75, 3.05) is 11.9 Å². The van der Waals surface area contributed by atoms with Gasteiger partial charge in [0.2, 0.25) is 5.91 Å². The molecule has 0 aromatic heterocycles. The molecule has 0 spiro atoms. The Morgan fingerprint density at radius 3 is 2.60 bits per heavy atom. The lowest BCUT2D eigenvalue weighted by Crippen LogP contribution is -2.49. The van der Waals surface area contributed by atoms with E-state index in [1.165, 1.54) is 11.1 Å². The van der Waals surface area contributed by atoms with E-state index in [0.717, 1.165) is 29.7 Å². The maximum atomic E-state index is 13.7. The van der Waals surface area contributed by atoms with Crippen LogP contribution in [0.15, 0.2) is 72.8 Å². The Labute approximate surface area is 176 Å². The molecule has 4 nitrogen and oxygen atoms in total. The molecule has 2 atom stereocenters. The van der Waals surface area contributed by atoms with Gasteiger partial charge in [0.15, 0.2) is 0 Å². The van der Waals surface area contributed by atoms with Crippen LogP contribution in [0.3, 0.4) is 0 Å². The highest BCUT2D eigenvalue weighted by atomic mass is 16.2. The topological polar surface area (TPSA) is 49.4 Å². The molecule has 0 saturated heterocycles. The second-order valence-corrected chi connectivity index (χ2v) is 8.00. The van der Waals surface area contributed by atoms with Crippen molar-refractivity contribution in [3.8, 4) is 0 Å². The average Bonchev–Trinajstić information content (AvgIpc) is 2.79. The highest BCUT2D eigenvalue weighted by Crippen LogP contribution is 2.46. The van der Waals surface area contributed by atoms with E-state index in [1.54, 1.807) is 0 Å². The summed E-state index contributed by atoms with van der Waals surface area (Å²) in [4.78, 5) is 28.8. The van der Waals surface area contributed by atoms with Gasteiger partial charge in [-0.25, -0.2) is 0 Å². The Bertz CT molecular complexity index is 1140. The fraction of sp³-hybridized carbons (Fsp3) is 0.231. The maximum Gasteiger partial charge on any atom is 0.254 e. The normalized spacial score (nSPS) is 19.5. The van der Waals surface area contributed by atoms with Crippen LogP contribution in [-0.2, 0) is 17.6 Å². The highest BCUT2D eigenvalue weighted by Gasteiger charge is 2.46. The fourth-order valence-corrected chi connectivity index (χ4v) is 4.85. The number of amides is 2. The first-order chi connectivity index (χ1) is 14.7. The lowest BCUT2D eigenvalue weighted by molar-refractivity contribution is -0.119. The second kappa shape index (κ2) is 7.45. The molecule has 0 fully saturated rings. The zero-order valence-electron chi connectivity index (χ0n) is 17.0. The number of carbonyl (C=O) groups excluding carboxylic acids is 2. The van der Waals surface area contributed by atoms with Crippen molar-refractivity contribution in [2.45, 2.75) is 31.7 Å². The van der Waals surface area contributed by atoms with Gasteiger partial charge in [0.25, 0.3) is 5.91 Å². The van der Waals surface area contributed by atoms with Crippen molar-refractivity contribution >= 4 is 17.5 Å². The summed E-state index contributed by atoms with van der Waals surface area (Å²) < 4.78 is 0. The molecule has 2 aliphatic rings.